The van der Waals surface area contributed by atoms with Crippen molar-refractivity contribution in [2.24, 2.45) is 7.05 Å². The van der Waals surface area contributed by atoms with E-state index in [0.29, 0.717) is 6.54 Å². The summed E-state index contributed by atoms with van der Waals surface area (Å²) in [5.41, 5.74) is 2.03. The van der Waals surface area contributed by atoms with Crippen LogP contribution >= 0.6 is 15.9 Å². The molecule has 0 unspecified atom stereocenters. The van der Waals surface area contributed by atoms with Crippen molar-refractivity contribution in [2.45, 2.75) is 6.54 Å². The molecule has 3 rings (SSSR count). The van der Waals surface area contributed by atoms with Crippen LogP contribution in [0.25, 0.3) is 10.8 Å². The molecule has 0 saturated heterocycles. The summed E-state index contributed by atoms with van der Waals surface area (Å²) in [7, 11) is 1.87. The SMILES string of the molecule is Cn1cc(CNc2ccc(Br)c3ccccc23)nn1. The van der Waals surface area contributed by atoms with Gasteiger partial charge in [-0.3, -0.25) is 4.68 Å². The van der Waals surface area contributed by atoms with Gasteiger partial charge in [-0.1, -0.05) is 45.4 Å². The van der Waals surface area contributed by atoms with Gasteiger partial charge in [0.15, 0.2) is 0 Å². The standard InChI is InChI=1S/C14H13BrN4/c1-19-9-10(17-18-19)8-16-14-7-6-13(15)11-4-2-3-5-12(11)14/h2-7,9,16H,8H2,1H3. The second kappa shape index (κ2) is 5.01. The molecule has 0 saturated carbocycles. The van der Waals surface area contributed by atoms with E-state index in [4.69, 9.17) is 0 Å². The molecule has 4 nitrogen and oxygen atoms in total. The molecule has 19 heavy (non-hydrogen) atoms. The summed E-state index contributed by atoms with van der Waals surface area (Å²) in [6, 6.07) is 12.4. The summed E-state index contributed by atoms with van der Waals surface area (Å²) in [6.07, 6.45) is 1.91. The highest BCUT2D eigenvalue weighted by Crippen LogP contribution is 2.30. The average molecular weight is 317 g/mol. The normalized spacial score (nSPS) is 10.8. The molecule has 0 spiro atoms. The van der Waals surface area contributed by atoms with Gasteiger partial charge in [0, 0.05) is 28.8 Å². The van der Waals surface area contributed by atoms with Gasteiger partial charge < -0.3 is 5.32 Å². The highest BCUT2D eigenvalue weighted by molar-refractivity contribution is 9.10. The first-order valence-electron chi connectivity index (χ1n) is 6.00. The van der Waals surface area contributed by atoms with Gasteiger partial charge in [-0.05, 0) is 17.5 Å². The third kappa shape index (κ3) is 2.46. The summed E-state index contributed by atoms with van der Waals surface area (Å²) in [6.45, 7) is 0.666. The van der Waals surface area contributed by atoms with E-state index in [2.05, 4.69) is 55.8 Å². The molecule has 0 aliphatic rings. The molecule has 0 radical (unpaired) electrons. The Morgan fingerprint density at radius 1 is 1.16 bits per heavy atom. The number of fused-ring (bicyclic) bond motifs is 1. The van der Waals surface area contributed by atoms with Crippen molar-refractivity contribution < 1.29 is 0 Å². The van der Waals surface area contributed by atoms with Crippen LogP contribution in [0.4, 0.5) is 5.69 Å². The number of nitrogens with zero attached hydrogens (tertiary/aromatic N) is 3. The second-order valence-electron chi connectivity index (χ2n) is 4.38. The number of rotatable bonds is 3. The molecule has 1 aromatic heterocycles. The van der Waals surface area contributed by atoms with E-state index in [1.54, 1.807) is 4.68 Å². The molecule has 0 aliphatic carbocycles. The number of anilines is 1. The van der Waals surface area contributed by atoms with Crippen LogP contribution in [0.2, 0.25) is 0 Å². The first-order valence-corrected chi connectivity index (χ1v) is 6.79. The maximum absolute atomic E-state index is 4.07. The number of aryl methyl sites for hydroxylation is 1. The minimum atomic E-state index is 0.666. The molecule has 0 amide bonds. The average Bonchev–Trinajstić information content (AvgIpc) is 2.84. The van der Waals surface area contributed by atoms with Crippen molar-refractivity contribution in [1.29, 1.82) is 0 Å². The van der Waals surface area contributed by atoms with E-state index in [1.807, 2.05) is 25.4 Å². The van der Waals surface area contributed by atoms with Crippen molar-refractivity contribution >= 4 is 32.4 Å². The Morgan fingerprint density at radius 2 is 1.95 bits per heavy atom. The Morgan fingerprint density at radius 3 is 2.68 bits per heavy atom. The van der Waals surface area contributed by atoms with E-state index in [9.17, 15) is 0 Å². The maximum atomic E-state index is 4.07. The number of halogens is 1. The first kappa shape index (κ1) is 12.2. The Balaban J connectivity index is 1.91. The lowest BCUT2D eigenvalue weighted by molar-refractivity contribution is 0.713. The zero-order valence-electron chi connectivity index (χ0n) is 10.5. The van der Waals surface area contributed by atoms with Crippen LogP contribution in [-0.4, -0.2) is 15.0 Å². The largest absolute Gasteiger partial charge is 0.379 e. The highest BCUT2D eigenvalue weighted by atomic mass is 79.9. The summed E-state index contributed by atoms with van der Waals surface area (Å²) in [5, 5.41) is 13.8. The number of benzene rings is 2. The monoisotopic (exact) mass is 316 g/mol. The van der Waals surface area contributed by atoms with E-state index in [1.165, 1.54) is 10.8 Å². The van der Waals surface area contributed by atoms with Gasteiger partial charge >= 0.3 is 0 Å². The summed E-state index contributed by atoms with van der Waals surface area (Å²) in [4.78, 5) is 0. The van der Waals surface area contributed by atoms with Gasteiger partial charge in [-0.15, -0.1) is 5.10 Å². The second-order valence-corrected chi connectivity index (χ2v) is 5.23. The van der Waals surface area contributed by atoms with E-state index in [0.717, 1.165) is 15.9 Å². The van der Waals surface area contributed by atoms with Gasteiger partial charge in [0.2, 0.25) is 0 Å². The van der Waals surface area contributed by atoms with Crippen molar-refractivity contribution in [1.82, 2.24) is 15.0 Å². The number of nitrogens with one attached hydrogen (secondary N) is 1. The van der Waals surface area contributed by atoms with Crippen LogP contribution < -0.4 is 5.32 Å². The molecule has 3 aromatic rings. The number of aromatic nitrogens is 3. The summed E-state index contributed by atoms with van der Waals surface area (Å²) in [5.74, 6) is 0. The molecule has 1 N–H and O–H groups in total. The van der Waals surface area contributed by atoms with Crippen molar-refractivity contribution in [3.05, 3.63) is 52.8 Å². The van der Waals surface area contributed by atoms with Crippen LogP contribution in [0.5, 0.6) is 0 Å². The Labute approximate surface area is 119 Å². The van der Waals surface area contributed by atoms with Crippen LogP contribution in [-0.2, 0) is 13.6 Å². The van der Waals surface area contributed by atoms with Gasteiger partial charge in [0.1, 0.15) is 5.69 Å². The fourth-order valence-corrected chi connectivity index (χ4v) is 2.56. The smallest absolute Gasteiger partial charge is 0.102 e. The van der Waals surface area contributed by atoms with Crippen molar-refractivity contribution in [3.63, 3.8) is 0 Å². The zero-order chi connectivity index (χ0) is 13.2. The quantitative estimate of drug-likeness (QED) is 0.805. The minimum absolute atomic E-state index is 0.666. The van der Waals surface area contributed by atoms with Crippen LogP contribution in [0.3, 0.4) is 0 Å². The van der Waals surface area contributed by atoms with Crippen LogP contribution in [0, 0.1) is 0 Å². The Kier molecular flexibility index (Phi) is 3.21. The molecule has 0 fully saturated rings. The van der Waals surface area contributed by atoms with E-state index >= 15 is 0 Å². The summed E-state index contributed by atoms with van der Waals surface area (Å²) < 4.78 is 2.81. The third-order valence-electron chi connectivity index (χ3n) is 2.98. The molecular weight excluding hydrogens is 304 g/mol. The maximum Gasteiger partial charge on any atom is 0.102 e. The number of hydrogen-bond acceptors (Lipinski definition) is 3. The predicted octanol–water partition coefficient (Wildman–Crippen LogP) is 3.34. The molecule has 0 bridgehead atoms. The van der Waals surface area contributed by atoms with Gasteiger partial charge in [-0.2, -0.15) is 0 Å². The first-order chi connectivity index (χ1) is 9.24. The highest BCUT2D eigenvalue weighted by Gasteiger charge is 2.04. The molecule has 2 aromatic carbocycles. The molecule has 0 aliphatic heterocycles. The molecule has 0 atom stereocenters. The fourth-order valence-electron chi connectivity index (χ4n) is 2.08. The fraction of sp³-hybridized carbons (Fsp3) is 0.143. The zero-order valence-corrected chi connectivity index (χ0v) is 12.1. The molecule has 5 heteroatoms. The van der Waals surface area contributed by atoms with Gasteiger partial charge in [-0.25, -0.2) is 0 Å². The molecular formula is C14H13BrN4. The lowest BCUT2D eigenvalue weighted by Crippen LogP contribution is -2.00. The summed E-state index contributed by atoms with van der Waals surface area (Å²) >= 11 is 3.58. The lowest BCUT2D eigenvalue weighted by Gasteiger charge is -2.09. The predicted molar refractivity (Wildman–Crippen MR) is 80.0 cm³/mol. The lowest BCUT2D eigenvalue weighted by atomic mass is 10.1. The topological polar surface area (TPSA) is 42.7 Å². The Hall–Kier alpha value is -1.88. The molecule has 96 valence electrons. The van der Waals surface area contributed by atoms with Gasteiger partial charge in [0.25, 0.3) is 0 Å². The van der Waals surface area contributed by atoms with Crippen LogP contribution in [0.1, 0.15) is 5.69 Å². The van der Waals surface area contributed by atoms with E-state index in [-0.39, 0.29) is 0 Å². The molecule has 1 heterocycles. The van der Waals surface area contributed by atoms with Crippen molar-refractivity contribution in [3.8, 4) is 0 Å². The Bertz CT molecular complexity index is 720. The van der Waals surface area contributed by atoms with E-state index < -0.39 is 0 Å². The minimum Gasteiger partial charge on any atom is -0.379 e. The van der Waals surface area contributed by atoms with Crippen LogP contribution in [0.15, 0.2) is 47.1 Å². The number of hydrogen-bond donors (Lipinski definition) is 1. The van der Waals surface area contributed by atoms with Crippen molar-refractivity contribution in [2.75, 3.05) is 5.32 Å². The third-order valence-corrected chi connectivity index (χ3v) is 3.67. The van der Waals surface area contributed by atoms with Gasteiger partial charge in [0.05, 0.1) is 6.54 Å².